The van der Waals surface area contributed by atoms with E-state index in [1.54, 1.807) is 12.1 Å². The Labute approximate surface area is 136 Å². The third kappa shape index (κ3) is 3.93. The summed E-state index contributed by atoms with van der Waals surface area (Å²) in [4.78, 5) is 0. The van der Waals surface area contributed by atoms with E-state index in [2.05, 4.69) is 13.8 Å². The van der Waals surface area contributed by atoms with Gasteiger partial charge in [-0.25, -0.2) is 0 Å². The summed E-state index contributed by atoms with van der Waals surface area (Å²) in [6.07, 6.45) is -0.658. The smallest absolute Gasteiger partial charge is 0.119 e. The molecule has 22 heavy (non-hydrogen) atoms. The van der Waals surface area contributed by atoms with E-state index in [1.165, 1.54) is 0 Å². The lowest BCUT2D eigenvalue weighted by Crippen LogP contribution is -2.20. The summed E-state index contributed by atoms with van der Waals surface area (Å²) in [6, 6.07) is 15.0. The van der Waals surface area contributed by atoms with Crippen LogP contribution in [0.1, 0.15) is 25.0 Å². The van der Waals surface area contributed by atoms with Gasteiger partial charge in [0, 0.05) is 5.41 Å². The molecule has 0 aliphatic carbocycles. The number of rotatable bonds is 6. The van der Waals surface area contributed by atoms with Crippen LogP contribution in [-0.2, 0) is 5.41 Å². The molecule has 3 nitrogen and oxygen atoms in total. The van der Waals surface area contributed by atoms with Gasteiger partial charge in [-0.3, -0.25) is 0 Å². The van der Waals surface area contributed by atoms with Crippen molar-refractivity contribution < 1.29 is 14.9 Å². The molecule has 0 saturated heterocycles. The predicted octanol–water partition coefficient (Wildman–Crippen LogP) is 3.70. The average molecular weight is 321 g/mol. The monoisotopic (exact) mass is 320 g/mol. The van der Waals surface area contributed by atoms with Crippen molar-refractivity contribution in [2.45, 2.75) is 25.4 Å². The van der Waals surface area contributed by atoms with E-state index in [4.69, 9.17) is 16.3 Å². The molecular weight excluding hydrogens is 300 g/mol. The quantitative estimate of drug-likeness (QED) is 0.798. The number of hydrogen-bond acceptors (Lipinski definition) is 3. The minimum absolute atomic E-state index is 0.159. The van der Waals surface area contributed by atoms with Crippen molar-refractivity contribution in [2.24, 2.45) is 0 Å². The number of phenolic OH excluding ortho intramolecular Hbond substituents is 1. The lowest BCUT2D eigenvalue weighted by molar-refractivity contribution is 0.125. The van der Waals surface area contributed by atoms with E-state index in [9.17, 15) is 10.2 Å². The molecule has 2 aromatic rings. The van der Waals surface area contributed by atoms with Gasteiger partial charge in [0.1, 0.15) is 24.2 Å². The molecule has 0 fully saturated rings. The van der Waals surface area contributed by atoms with Crippen LogP contribution in [0.25, 0.3) is 0 Å². The summed E-state index contributed by atoms with van der Waals surface area (Å²) in [7, 11) is 0. The number of alkyl halides is 1. The van der Waals surface area contributed by atoms with Gasteiger partial charge in [-0.2, -0.15) is 0 Å². The Kier molecular flexibility index (Phi) is 5.33. The Hall–Kier alpha value is -1.71. The molecule has 1 unspecified atom stereocenters. The van der Waals surface area contributed by atoms with Gasteiger partial charge in [-0.05, 0) is 35.4 Å². The SMILES string of the molecule is CC(C)(c1ccc(O)cc1)c1ccc(OCC(O)CCl)cc1. The van der Waals surface area contributed by atoms with Gasteiger partial charge in [0.2, 0.25) is 0 Å². The number of aliphatic hydroxyl groups is 1. The minimum atomic E-state index is -0.658. The molecular formula is C18H21ClO3. The Morgan fingerprint density at radius 2 is 1.50 bits per heavy atom. The van der Waals surface area contributed by atoms with E-state index in [0.29, 0.717) is 5.75 Å². The van der Waals surface area contributed by atoms with Crippen molar-refractivity contribution in [3.8, 4) is 11.5 Å². The fourth-order valence-corrected chi connectivity index (χ4v) is 2.34. The van der Waals surface area contributed by atoms with Crippen LogP contribution in [0.3, 0.4) is 0 Å². The molecule has 0 amide bonds. The molecule has 0 saturated carbocycles. The second-order valence-corrected chi connectivity index (χ2v) is 6.12. The van der Waals surface area contributed by atoms with Crippen LogP contribution >= 0.6 is 11.6 Å². The van der Waals surface area contributed by atoms with Gasteiger partial charge in [0.05, 0.1) is 5.88 Å². The number of benzene rings is 2. The first-order valence-corrected chi connectivity index (χ1v) is 7.74. The Morgan fingerprint density at radius 1 is 1.00 bits per heavy atom. The molecule has 0 aliphatic rings. The van der Waals surface area contributed by atoms with Crippen molar-refractivity contribution >= 4 is 11.6 Å². The topological polar surface area (TPSA) is 49.7 Å². The maximum atomic E-state index is 9.41. The Morgan fingerprint density at radius 3 is 2.00 bits per heavy atom. The Balaban J connectivity index is 2.13. The van der Waals surface area contributed by atoms with Crippen LogP contribution in [-0.4, -0.2) is 28.8 Å². The largest absolute Gasteiger partial charge is 0.508 e. The zero-order valence-corrected chi connectivity index (χ0v) is 13.5. The van der Waals surface area contributed by atoms with Gasteiger partial charge in [-0.15, -0.1) is 11.6 Å². The zero-order valence-electron chi connectivity index (χ0n) is 12.8. The molecule has 1 atom stereocenters. The first kappa shape index (κ1) is 16.7. The third-order valence-corrected chi connectivity index (χ3v) is 4.14. The first-order valence-electron chi connectivity index (χ1n) is 7.20. The van der Waals surface area contributed by atoms with Crippen LogP contribution in [0, 0.1) is 0 Å². The normalized spacial score (nSPS) is 12.9. The van der Waals surface area contributed by atoms with Gasteiger partial charge in [-0.1, -0.05) is 38.1 Å². The van der Waals surface area contributed by atoms with Gasteiger partial charge in [0.25, 0.3) is 0 Å². The maximum Gasteiger partial charge on any atom is 0.119 e. The highest BCUT2D eigenvalue weighted by Crippen LogP contribution is 2.33. The van der Waals surface area contributed by atoms with Gasteiger partial charge < -0.3 is 14.9 Å². The average Bonchev–Trinajstić information content (AvgIpc) is 2.53. The van der Waals surface area contributed by atoms with E-state index < -0.39 is 6.10 Å². The second-order valence-electron chi connectivity index (χ2n) is 5.82. The lowest BCUT2D eigenvalue weighted by atomic mass is 9.78. The lowest BCUT2D eigenvalue weighted by Gasteiger charge is -2.26. The summed E-state index contributed by atoms with van der Waals surface area (Å²) >= 11 is 5.53. The molecule has 0 spiro atoms. The van der Waals surface area contributed by atoms with Crippen LogP contribution in [0.15, 0.2) is 48.5 Å². The Bertz CT molecular complexity index is 591. The molecule has 2 rings (SSSR count). The summed E-state index contributed by atoms with van der Waals surface area (Å²) in [5.74, 6) is 1.13. The molecule has 0 heterocycles. The summed E-state index contributed by atoms with van der Waals surface area (Å²) in [6.45, 7) is 4.45. The fourth-order valence-electron chi connectivity index (χ4n) is 2.25. The zero-order chi connectivity index (χ0) is 16.2. The number of halogens is 1. The van der Waals surface area contributed by atoms with Gasteiger partial charge in [0.15, 0.2) is 0 Å². The fraction of sp³-hybridized carbons (Fsp3) is 0.333. The molecule has 0 aromatic heterocycles. The summed E-state index contributed by atoms with van der Waals surface area (Å²) < 4.78 is 5.48. The number of hydrogen-bond donors (Lipinski definition) is 2. The molecule has 0 bridgehead atoms. The molecule has 2 aromatic carbocycles. The van der Waals surface area contributed by atoms with Crippen molar-refractivity contribution in [3.05, 3.63) is 59.7 Å². The van der Waals surface area contributed by atoms with Crippen LogP contribution in [0.4, 0.5) is 0 Å². The number of aliphatic hydroxyl groups excluding tert-OH is 1. The maximum absolute atomic E-state index is 9.41. The van der Waals surface area contributed by atoms with Crippen molar-refractivity contribution in [1.82, 2.24) is 0 Å². The molecule has 2 N–H and O–H groups in total. The number of aromatic hydroxyl groups is 1. The van der Waals surface area contributed by atoms with Crippen molar-refractivity contribution in [1.29, 1.82) is 0 Å². The highest BCUT2D eigenvalue weighted by Gasteiger charge is 2.23. The highest BCUT2D eigenvalue weighted by molar-refractivity contribution is 6.18. The number of ether oxygens (including phenoxy) is 1. The van der Waals surface area contributed by atoms with Crippen molar-refractivity contribution in [2.75, 3.05) is 12.5 Å². The van der Waals surface area contributed by atoms with Gasteiger partial charge >= 0.3 is 0 Å². The van der Waals surface area contributed by atoms with E-state index in [1.807, 2.05) is 36.4 Å². The standard InChI is InChI=1S/C18H21ClO3/c1-18(2,13-3-7-15(20)8-4-13)14-5-9-17(10-6-14)22-12-16(21)11-19/h3-10,16,20-21H,11-12H2,1-2H3. The number of phenols is 1. The van der Waals surface area contributed by atoms with E-state index in [0.717, 1.165) is 11.1 Å². The third-order valence-electron chi connectivity index (χ3n) is 3.79. The molecule has 0 radical (unpaired) electrons. The molecule has 4 heteroatoms. The van der Waals surface area contributed by atoms with E-state index in [-0.39, 0.29) is 23.7 Å². The first-order chi connectivity index (χ1) is 10.4. The van der Waals surface area contributed by atoms with Crippen LogP contribution < -0.4 is 4.74 Å². The minimum Gasteiger partial charge on any atom is -0.508 e. The predicted molar refractivity (Wildman–Crippen MR) is 88.9 cm³/mol. The summed E-state index contributed by atoms with van der Waals surface area (Å²) in [5, 5.41) is 18.8. The molecule has 0 aliphatic heterocycles. The second kappa shape index (κ2) is 7.03. The highest BCUT2D eigenvalue weighted by atomic mass is 35.5. The van der Waals surface area contributed by atoms with Crippen molar-refractivity contribution in [3.63, 3.8) is 0 Å². The molecule has 118 valence electrons. The van der Waals surface area contributed by atoms with Crippen LogP contribution in [0.5, 0.6) is 11.5 Å². The summed E-state index contributed by atoms with van der Waals surface area (Å²) in [5.41, 5.74) is 2.09. The van der Waals surface area contributed by atoms with E-state index >= 15 is 0 Å². The van der Waals surface area contributed by atoms with Crippen LogP contribution in [0.2, 0.25) is 0 Å².